The monoisotopic (exact) mass is 297 g/mol. The molecule has 0 saturated carbocycles. The maximum absolute atomic E-state index is 11.1. The Morgan fingerprint density at radius 3 is 2.58 bits per heavy atom. The third-order valence-corrected chi connectivity index (χ3v) is 3.03. The molecule has 5 nitrogen and oxygen atoms in total. The fourth-order valence-electron chi connectivity index (χ4n) is 1.38. The van der Waals surface area contributed by atoms with Crippen LogP contribution in [0.5, 0.6) is 11.6 Å². The number of amides is 1. The number of pyridine rings is 1. The molecule has 0 aliphatic rings. The molecule has 4 N–H and O–H groups in total. The van der Waals surface area contributed by atoms with Crippen LogP contribution in [-0.4, -0.2) is 10.9 Å². The van der Waals surface area contributed by atoms with Crippen LogP contribution in [0.1, 0.15) is 10.4 Å². The van der Waals surface area contributed by atoms with Crippen molar-refractivity contribution in [3.05, 3.63) is 46.1 Å². The first-order valence-corrected chi connectivity index (χ1v) is 5.91. The van der Waals surface area contributed by atoms with Crippen LogP contribution in [0.15, 0.2) is 30.5 Å². The minimum Gasteiger partial charge on any atom is -0.439 e. The molecule has 0 atom stereocenters. The minimum atomic E-state index is -0.654. The largest absolute Gasteiger partial charge is 0.439 e. The number of nitrogens with two attached hydrogens (primary N) is 2. The van der Waals surface area contributed by atoms with E-state index in [1.807, 2.05) is 0 Å². The average Bonchev–Trinajstić information content (AvgIpc) is 2.36. The molecule has 1 heterocycles. The molecule has 98 valence electrons. The van der Waals surface area contributed by atoms with Gasteiger partial charge in [-0.3, -0.25) is 4.79 Å². The summed E-state index contributed by atoms with van der Waals surface area (Å²) in [6, 6.07) is 6.10. The van der Waals surface area contributed by atoms with E-state index in [4.69, 9.17) is 39.4 Å². The summed E-state index contributed by atoms with van der Waals surface area (Å²) in [4.78, 5) is 15.1. The maximum Gasteiger partial charge on any atom is 0.251 e. The number of primary amides is 1. The van der Waals surface area contributed by atoms with Crippen molar-refractivity contribution in [2.45, 2.75) is 0 Å². The fraction of sp³-hybridized carbons (Fsp3) is 0. The number of halogens is 2. The van der Waals surface area contributed by atoms with Crippen LogP contribution in [0.3, 0.4) is 0 Å². The lowest BCUT2D eigenvalue weighted by atomic mass is 10.2. The van der Waals surface area contributed by atoms with Crippen LogP contribution < -0.4 is 16.2 Å². The molecule has 1 aromatic heterocycles. The van der Waals surface area contributed by atoms with Crippen molar-refractivity contribution >= 4 is 34.8 Å². The Morgan fingerprint density at radius 2 is 1.95 bits per heavy atom. The molecule has 1 aromatic carbocycles. The Kier molecular flexibility index (Phi) is 3.78. The summed E-state index contributed by atoms with van der Waals surface area (Å²) in [6.07, 6.45) is 1.30. The molecular weight excluding hydrogens is 289 g/mol. The van der Waals surface area contributed by atoms with Gasteiger partial charge in [-0.2, -0.15) is 0 Å². The topological polar surface area (TPSA) is 91.2 Å². The predicted octanol–water partition coefficient (Wildman–Crippen LogP) is 2.86. The number of anilines is 1. The van der Waals surface area contributed by atoms with Crippen LogP contribution in [0, 0.1) is 0 Å². The number of aromatic nitrogens is 1. The zero-order valence-electron chi connectivity index (χ0n) is 9.56. The van der Waals surface area contributed by atoms with Gasteiger partial charge in [0.1, 0.15) is 5.75 Å². The number of hydrogen-bond acceptors (Lipinski definition) is 4. The third-order valence-electron chi connectivity index (χ3n) is 2.29. The zero-order valence-corrected chi connectivity index (χ0v) is 11.1. The summed E-state index contributed by atoms with van der Waals surface area (Å²) < 4.78 is 5.44. The molecule has 2 aromatic rings. The van der Waals surface area contributed by atoms with Gasteiger partial charge in [0.15, 0.2) is 0 Å². The van der Waals surface area contributed by atoms with Gasteiger partial charge >= 0.3 is 0 Å². The van der Waals surface area contributed by atoms with E-state index in [2.05, 4.69) is 4.98 Å². The van der Waals surface area contributed by atoms with Gasteiger partial charge in [-0.1, -0.05) is 23.2 Å². The van der Waals surface area contributed by atoms with Gasteiger partial charge in [0.05, 0.1) is 27.5 Å². The molecule has 7 heteroatoms. The lowest BCUT2D eigenvalue weighted by molar-refractivity contribution is 0.100. The van der Waals surface area contributed by atoms with Crippen molar-refractivity contribution in [1.82, 2.24) is 4.98 Å². The van der Waals surface area contributed by atoms with Crippen molar-refractivity contribution in [2.75, 3.05) is 5.73 Å². The van der Waals surface area contributed by atoms with Crippen molar-refractivity contribution in [3.63, 3.8) is 0 Å². The number of nitrogen functional groups attached to an aromatic ring is 1. The van der Waals surface area contributed by atoms with Gasteiger partial charge < -0.3 is 16.2 Å². The first kappa shape index (κ1) is 13.5. The zero-order chi connectivity index (χ0) is 14.0. The number of rotatable bonds is 3. The molecule has 2 rings (SSSR count). The third kappa shape index (κ3) is 3.07. The second-order valence-corrected chi connectivity index (χ2v) is 4.47. The molecule has 0 fully saturated rings. The lowest BCUT2D eigenvalue weighted by Gasteiger charge is -2.07. The highest BCUT2D eigenvalue weighted by atomic mass is 35.5. The summed E-state index contributed by atoms with van der Waals surface area (Å²) in [7, 11) is 0. The van der Waals surface area contributed by atoms with Crippen molar-refractivity contribution in [3.8, 4) is 11.6 Å². The normalized spacial score (nSPS) is 10.2. The van der Waals surface area contributed by atoms with Crippen molar-refractivity contribution in [1.29, 1.82) is 0 Å². The first-order valence-electron chi connectivity index (χ1n) is 5.15. The highest BCUT2D eigenvalue weighted by molar-refractivity contribution is 6.42. The van der Waals surface area contributed by atoms with Gasteiger partial charge in [-0.15, -0.1) is 0 Å². The van der Waals surface area contributed by atoms with E-state index in [-0.39, 0.29) is 17.1 Å². The molecule has 0 bridgehead atoms. The SMILES string of the molecule is NC(=O)c1cc(Oc2ccc(Cl)c(Cl)c2)ncc1N. The van der Waals surface area contributed by atoms with Gasteiger partial charge in [0, 0.05) is 12.1 Å². The number of carbonyl (C=O) groups is 1. The first-order chi connectivity index (χ1) is 8.97. The van der Waals surface area contributed by atoms with E-state index < -0.39 is 5.91 Å². The number of carbonyl (C=O) groups excluding carboxylic acids is 1. The van der Waals surface area contributed by atoms with E-state index in [1.54, 1.807) is 12.1 Å². The summed E-state index contributed by atoms with van der Waals surface area (Å²) in [6.45, 7) is 0. The quantitative estimate of drug-likeness (QED) is 0.911. The molecule has 1 amide bonds. The smallest absolute Gasteiger partial charge is 0.251 e. The van der Waals surface area contributed by atoms with Gasteiger partial charge in [-0.25, -0.2) is 4.98 Å². The number of ether oxygens (including phenoxy) is 1. The van der Waals surface area contributed by atoms with Gasteiger partial charge in [-0.05, 0) is 12.1 Å². The number of nitrogens with zero attached hydrogens (tertiary/aromatic N) is 1. The summed E-state index contributed by atoms with van der Waals surface area (Å²) >= 11 is 11.7. The molecule has 0 aliphatic heterocycles. The summed E-state index contributed by atoms with van der Waals surface area (Å²) in [5, 5.41) is 0.766. The average molecular weight is 298 g/mol. The Hall–Kier alpha value is -1.98. The second kappa shape index (κ2) is 5.34. The van der Waals surface area contributed by atoms with Gasteiger partial charge in [0.2, 0.25) is 5.88 Å². The van der Waals surface area contributed by atoms with Crippen LogP contribution in [0.2, 0.25) is 10.0 Å². The van der Waals surface area contributed by atoms with E-state index in [0.29, 0.717) is 15.8 Å². The maximum atomic E-state index is 11.1. The molecular formula is C12H9Cl2N3O2. The fourth-order valence-corrected chi connectivity index (χ4v) is 1.67. The van der Waals surface area contributed by atoms with Crippen molar-refractivity contribution in [2.24, 2.45) is 5.73 Å². The molecule has 0 aliphatic carbocycles. The molecule has 0 radical (unpaired) electrons. The summed E-state index contributed by atoms with van der Waals surface area (Å²) in [5.41, 5.74) is 11.1. The van der Waals surface area contributed by atoms with E-state index in [9.17, 15) is 4.79 Å². The minimum absolute atomic E-state index is 0.144. The van der Waals surface area contributed by atoms with Crippen LogP contribution >= 0.6 is 23.2 Å². The highest BCUT2D eigenvalue weighted by Gasteiger charge is 2.09. The van der Waals surface area contributed by atoms with E-state index in [1.165, 1.54) is 18.3 Å². The molecule has 0 spiro atoms. The van der Waals surface area contributed by atoms with Gasteiger partial charge in [0.25, 0.3) is 5.91 Å². The van der Waals surface area contributed by atoms with Crippen LogP contribution in [0.25, 0.3) is 0 Å². The Balaban J connectivity index is 2.30. The Morgan fingerprint density at radius 1 is 1.21 bits per heavy atom. The van der Waals surface area contributed by atoms with E-state index >= 15 is 0 Å². The molecule has 19 heavy (non-hydrogen) atoms. The number of benzene rings is 1. The second-order valence-electron chi connectivity index (χ2n) is 3.65. The number of hydrogen-bond donors (Lipinski definition) is 2. The van der Waals surface area contributed by atoms with Crippen molar-refractivity contribution < 1.29 is 9.53 Å². The molecule has 0 unspecified atom stereocenters. The van der Waals surface area contributed by atoms with E-state index in [0.717, 1.165) is 0 Å². The van der Waals surface area contributed by atoms with Crippen LogP contribution in [-0.2, 0) is 0 Å². The standard InChI is InChI=1S/C12H9Cl2N3O2/c13-8-2-1-6(3-9(8)14)19-11-4-7(12(16)18)10(15)5-17-11/h1-5H,15H2,(H2,16,18). The Bertz CT molecular complexity index is 647. The predicted molar refractivity (Wildman–Crippen MR) is 73.7 cm³/mol. The highest BCUT2D eigenvalue weighted by Crippen LogP contribution is 2.29. The van der Waals surface area contributed by atoms with Crippen LogP contribution in [0.4, 0.5) is 5.69 Å². The summed E-state index contributed by atoms with van der Waals surface area (Å²) in [5.74, 6) is -0.0395. The Labute approximate surface area is 119 Å². The lowest BCUT2D eigenvalue weighted by Crippen LogP contribution is -2.13. The molecule has 0 saturated heterocycles.